The first-order chi connectivity index (χ1) is 18.2. The second kappa shape index (κ2) is 9.93. The zero-order valence-corrected chi connectivity index (χ0v) is 20.7. The first-order valence-electron chi connectivity index (χ1n) is 11.7. The number of pyridine rings is 1. The molecule has 9 nitrogen and oxygen atoms in total. The molecule has 0 aromatic carbocycles. The number of ketones is 1. The highest BCUT2D eigenvalue weighted by Gasteiger charge is 2.59. The van der Waals surface area contributed by atoms with Gasteiger partial charge in [-0.05, 0) is 18.6 Å². The van der Waals surface area contributed by atoms with Crippen molar-refractivity contribution in [3.8, 4) is 0 Å². The van der Waals surface area contributed by atoms with E-state index >= 15 is 0 Å². The summed E-state index contributed by atoms with van der Waals surface area (Å²) >= 11 is 0. The zero-order valence-electron chi connectivity index (χ0n) is 20.7. The molecule has 210 valence electrons. The van der Waals surface area contributed by atoms with Crippen molar-refractivity contribution in [2.45, 2.75) is 56.8 Å². The second-order valence-corrected chi connectivity index (χ2v) is 9.43. The molecule has 2 aromatic heterocycles. The van der Waals surface area contributed by atoms with Crippen molar-refractivity contribution in [2.75, 3.05) is 12.4 Å². The van der Waals surface area contributed by atoms with Gasteiger partial charge in [0.25, 0.3) is 29.9 Å². The molecule has 1 atom stereocenters. The Hall–Kier alpha value is -4.04. The molecule has 1 saturated carbocycles. The third-order valence-electron chi connectivity index (χ3n) is 6.85. The molecule has 0 spiro atoms. The Morgan fingerprint density at radius 3 is 2.49 bits per heavy atom. The molecular weight excluding hydrogens is 534 g/mol. The molecule has 4 rings (SSSR count). The molecule has 0 bridgehead atoms. The van der Waals surface area contributed by atoms with Crippen molar-refractivity contribution < 1.29 is 40.7 Å². The number of alkyl halides is 5. The fourth-order valence-electron chi connectivity index (χ4n) is 5.22. The summed E-state index contributed by atoms with van der Waals surface area (Å²) in [4.78, 5) is 42.7. The Bertz CT molecular complexity index is 1380. The minimum atomic E-state index is -3.26. The molecule has 15 heteroatoms. The number of nitrogens with two attached hydrogens (primary N) is 1. The van der Waals surface area contributed by atoms with Crippen LogP contribution in [0.3, 0.4) is 0 Å². The Labute approximate surface area is 217 Å². The van der Waals surface area contributed by atoms with Crippen molar-refractivity contribution in [1.29, 1.82) is 0 Å². The van der Waals surface area contributed by atoms with Crippen LogP contribution in [0.4, 0.5) is 32.0 Å². The van der Waals surface area contributed by atoms with E-state index in [-0.39, 0.29) is 41.2 Å². The van der Waals surface area contributed by atoms with Crippen LogP contribution in [0.5, 0.6) is 0 Å². The van der Waals surface area contributed by atoms with Gasteiger partial charge < -0.3 is 26.3 Å². The molecule has 0 radical (unpaired) electrons. The van der Waals surface area contributed by atoms with E-state index in [9.17, 15) is 40.7 Å². The van der Waals surface area contributed by atoms with Crippen LogP contribution in [0.15, 0.2) is 24.2 Å². The summed E-state index contributed by atoms with van der Waals surface area (Å²) in [6.45, 7) is 0.929. The van der Waals surface area contributed by atoms with E-state index < -0.39 is 71.7 Å². The molecule has 2 aromatic rings. The smallest absolute Gasteiger partial charge is 0.293 e. The van der Waals surface area contributed by atoms with Crippen LogP contribution in [-0.2, 0) is 17.8 Å². The zero-order chi connectivity index (χ0) is 28.9. The first-order valence-corrected chi connectivity index (χ1v) is 11.7. The van der Waals surface area contributed by atoms with Gasteiger partial charge >= 0.3 is 0 Å². The Kier molecular flexibility index (Phi) is 7.12. The van der Waals surface area contributed by atoms with E-state index in [0.29, 0.717) is 0 Å². The number of rotatable bonds is 8. The van der Waals surface area contributed by atoms with Gasteiger partial charge in [0.05, 0.1) is 29.0 Å². The standard InChI is InChI=1S/C24H24F6N6O3/c1-10-15(19(37)22(39)35-23(14(6-31)32-2)8-24(29,30)9-23)13-5-11(25)7-36(13)18(10)21(38)34-12-3-4-33-17(16(12)26)20(27)28/h3-4,6,11,20,32H,5,7-9,31H2,1-2H3,(H,35,39)(H,33,34,38)/b14-6-/t11-/m1/s1. The van der Waals surface area contributed by atoms with Gasteiger partial charge in [-0.2, -0.15) is 0 Å². The van der Waals surface area contributed by atoms with Crippen molar-refractivity contribution in [3.63, 3.8) is 0 Å². The summed E-state index contributed by atoms with van der Waals surface area (Å²) in [5.74, 6) is -8.13. The fraction of sp³-hybridized carbons (Fsp3) is 0.417. The molecule has 2 aliphatic rings. The number of amides is 2. The number of halogens is 6. The second-order valence-electron chi connectivity index (χ2n) is 9.43. The highest BCUT2D eigenvalue weighted by Crippen LogP contribution is 2.48. The monoisotopic (exact) mass is 558 g/mol. The number of fused-ring (bicyclic) bond motifs is 1. The average molecular weight is 558 g/mol. The third kappa shape index (κ3) is 4.81. The Morgan fingerprint density at radius 1 is 1.26 bits per heavy atom. The van der Waals surface area contributed by atoms with Crippen molar-refractivity contribution in [3.05, 3.63) is 58.2 Å². The van der Waals surface area contributed by atoms with E-state index in [4.69, 9.17) is 5.73 Å². The fourth-order valence-corrected chi connectivity index (χ4v) is 5.22. The topological polar surface area (TPSA) is 131 Å². The van der Waals surface area contributed by atoms with Crippen LogP contribution in [0.2, 0.25) is 0 Å². The number of aromatic nitrogens is 2. The van der Waals surface area contributed by atoms with Crippen LogP contribution < -0.4 is 21.7 Å². The van der Waals surface area contributed by atoms with Gasteiger partial charge in [-0.3, -0.25) is 19.4 Å². The minimum Gasteiger partial charge on any atom is -0.403 e. The number of carbonyl (C=O) groups is 3. The van der Waals surface area contributed by atoms with Gasteiger partial charge in [-0.15, -0.1) is 0 Å². The van der Waals surface area contributed by atoms with E-state index in [0.717, 1.165) is 23.0 Å². The largest absolute Gasteiger partial charge is 0.403 e. The van der Waals surface area contributed by atoms with Crippen LogP contribution in [0.25, 0.3) is 0 Å². The highest BCUT2D eigenvalue weighted by molar-refractivity contribution is 6.44. The van der Waals surface area contributed by atoms with Crippen molar-refractivity contribution >= 4 is 23.3 Å². The summed E-state index contributed by atoms with van der Waals surface area (Å²) in [6.07, 6.45) is -4.92. The van der Waals surface area contributed by atoms with Crippen LogP contribution >= 0.6 is 0 Å². The lowest BCUT2D eigenvalue weighted by Crippen LogP contribution is -2.66. The number of likely N-dealkylation sites (N-methyl/N-ethyl adjacent to an activating group) is 1. The lowest BCUT2D eigenvalue weighted by molar-refractivity contribution is -0.138. The number of hydrogen-bond donors (Lipinski definition) is 4. The molecule has 1 aliphatic heterocycles. The lowest BCUT2D eigenvalue weighted by atomic mass is 9.71. The Balaban J connectivity index is 1.67. The maximum Gasteiger partial charge on any atom is 0.293 e. The van der Waals surface area contributed by atoms with Crippen LogP contribution in [-0.4, -0.2) is 51.8 Å². The quantitative estimate of drug-likeness (QED) is 0.224. The predicted octanol–water partition coefficient (Wildman–Crippen LogP) is 2.90. The maximum absolute atomic E-state index is 14.4. The molecule has 0 unspecified atom stereocenters. The van der Waals surface area contributed by atoms with Gasteiger partial charge in [-0.25, -0.2) is 26.3 Å². The molecule has 0 saturated heterocycles. The molecule has 5 N–H and O–H groups in total. The Morgan fingerprint density at radius 2 is 1.92 bits per heavy atom. The van der Waals surface area contributed by atoms with Crippen molar-refractivity contribution in [1.82, 2.24) is 20.2 Å². The molecule has 2 amide bonds. The van der Waals surface area contributed by atoms with Gasteiger partial charge in [0, 0.05) is 44.4 Å². The number of anilines is 1. The van der Waals surface area contributed by atoms with Gasteiger partial charge in [0.15, 0.2) is 5.82 Å². The van der Waals surface area contributed by atoms with Gasteiger partial charge in [0.2, 0.25) is 0 Å². The normalized spacial score (nSPS) is 19.3. The number of carbonyl (C=O) groups excluding carboxylic acids is 3. The summed E-state index contributed by atoms with van der Waals surface area (Å²) in [6, 6.07) is 0.942. The summed E-state index contributed by atoms with van der Waals surface area (Å²) in [7, 11) is 1.40. The summed E-state index contributed by atoms with van der Waals surface area (Å²) < 4.78 is 83.6. The molecule has 1 aliphatic carbocycles. The third-order valence-corrected chi connectivity index (χ3v) is 6.85. The number of Topliss-reactive ketones (excluding diaryl/α,β-unsaturated/α-hetero) is 1. The summed E-state index contributed by atoms with van der Waals surface area (Å²) in [5, 5.41) is 7.06. The molecule has 1 fully saturated rings. The molecule has 3 heterocycles. The van der Waals surface area contributed by atoms with E-state index in [1.165, 1.54) is 14.0 Å². The van der Waals surface area contributed by atoms with Crippen molar-refractivity contribution in [2.24, 2.45) is 5.73 Å². The molecule has 39 heavy (non-hydrogen) atoms. The SMILES string of the molecule is CN/C(=C\N)C1(NC(=O)C(=O)c2c(C)c(C(=O)Nc3ccnc(C(F)F)c3F)n3c2C[C@@H](F)C3)CC(F)(F)C1. The number of nitrogens with one attached hydrogen (secondary N) is 3. The highest BCUT2D eigenvalue weighted by atomic mass is 19.3. The lowest BCUT2D eigenvalue weighted by Gasteiger charge is -2.48. The van der Waals surface area contributed by atoms with E-state index in [2.05, 4.69) is 20.9 Å². The first kappa shape index (κ1) is 28.0. The van der Waals surface area contributed by atoms with Crippen LogP contribution in [0, 0.1) is 12.7 Å². The van der Waals surface area contributed by atoms with E-state index in [1.807, 2.05) is 0 Å². The number of hydrogen-bond acceptors (Lipinski definition) is 6. The average Bonchev–Trinajstić information content (AvgIpc) is 3.31. The maximum atomic E-state index is 14.4. The minimum absolute atomic E-state index is 0.00460. The number of nitrogens with zero attached hydrogens (tertiary/aromatic N) is 2. The van der Waals surface area contributed by atoms with Crippen LogP contribution in [0.1, 0.15) is 57.1 Å². The predicted molar refractivity (Wildman–Crippen MR) is 126 cm³/mol. The van der Waals surface area contributed by atoms with Gasteiger partial charge in [-0.1, -0.05) is 0 Å². The summed E-state index contributed by atoms with van der Waals surface area (Å²) in [5.41, 5.74) is 1.44. The van der Waals surface area contributed by atoms with E-state index in [1.54, 1.807) is 0 Å². The molecular formula is C24H24F6N6O3. The van der Waals surface area contributed by atoms with Gasteiger partial charge in [0.1, 0.15) is 17.6 Å².